The van der Waals surface area contributed by atoms with Gasteiger partial charge < -0.3 is 20.2 Å². The molecule has 1 fully saturated rings. The predicted molar refractivity (Wildman–Crippen MR) is 92.6 cm³/mol. The van der Waals surface area contributed by atoms with Crippen LogP contribution >= 0.6 is 0 Å². The molecule has 0 bridgehead atoms. The van der Waals surface area contributed by atoms with Crippen LogP contribution < -0.4 is 0 Å². The second kappa shape index (κ2) is 7.32. The fourth-order valence-corrected chi connectivity index (χ4v) is 3.45. The van der Waals surface area contributed by atoms with E-state index in [2.05, 4.69) is 4.98 Å². The van der Waals surface area contributed by atoms with Crippen molar-refractivity contribution in [3.8, 4) is 5.75 Å². The Bertz CT molecular complexity index is 875. The number of pyridine rings is 1. The number of benzene rings is 1. The van der Waals surface area contributed by atoms with Gasteiger partial charge >= 0.3 is 5.97 Å². The Hall–Kier alpha value is -3.00. The Morgan fingerprint density at radius 3 is 2.74 bits per heavy atom. The van der Waals surface area contributed by atoms with Gasteiger partial charge in [0.25, 0.3) is 5.91 Å². The molecule has 8 heteroatoms. The number of hydrogen-bond donors (Lipinski definition) is 3. The van der Waals surface area contributed by atoms with E-state index < -0.39 is 29.2 Å². The smallest absolute Gasteiger partial charge is 0.314 e. The van der Waals surface area contributed by atoms with Crippen LogP contribution in [0.25, 0.3) is 0 Å². The number of carboxylic acid groups (broad SMARTS) is 1. The van der Waals surface area contributed by atoms with Crippen LogP contribution in [0.3, 0.4) is 0 Å². The number of halogens is 1. The van der Waals surface area contributed by atoms with Crippen LogP contribution in [0.5, 0.6) is 5.75 Å². The summed E-state index contributed by atoms with van der Waals surface area (Å²) in [7, 11) is 0. The lowest BCUT2D eigenvalue weighted by Crippen LogP contribution is -2.58. The van der Waals surface area contributed by atoms with Crippen molar-refractivity contribution < 1.29 is 29.3 Å². The number of aliphatic hydroxyl groups is 1. The van der Waals surface area contributed by atoms with Gasteiger partial charge in [-0.15, -0.1) is 0 Å². The zero-order valence-electron chi connectivity index (χ0n) is 14.4. The molecule has 2 heterocycles. The molecule has 1 aromatic heterocycles. The lowest BCUT2D eigenvalue weighted by Gasteiger charge is -2.43. The molecule has 0 radical (unpaired) electrons. The number of aliphatic carboxylic acids is 1. The van der Waals surface area contributed by atoms with Crippen molar-refractivity contribution in [2.24, 2.45) is 5.41 Å². The normalized spacial score (nSPS) is 22.4. The third kappa shape index (κ3) is 3.75. The Morgan fingerprint density at radius 2 is 2.07 bits per heavy atom. The molecule has 1 amide bonds. The molecule has 142 valence electrons. The van der Waals surface area contributed by atoms with Crippen LogP contribution in [0.15, 0.2) is 42.7 Å². The highest BCUT2D eigenvalue weighted by molar-refractivity contribution is 5.95. The molecule has 1 saturated heterocycles. The Kier molecular flexibility index (Phi) is 5.09. The Labute approximate surface area is 154 Å². The minimum atomic E-state index is -1.66. The summed E-state index contributed by atoms with van der Waals surface area (Å²) in [5.74, 6) is -2.43. The van der Waals surface area contributed by atoms with Crippen LogP contribution in [0.2, 0.25) is 0 Å². The zero-order chi connectivity index (χ0) is 19.6. The van der Waals surface area contributed by atoms with Crippen LogP contribution in [0, 0.1) is 11.2 Å². The minimum absolute atomic E-state index is 0.0690. The molecule has 27 heavy (non-hydrogen) atoms. The van der Waals surface area contributed by atoms with Crippen LogP contribution in [0.1, 0.15) is 22.3 Å². The molecule has 7 nitrogen and oxygen atoms in total. The van der Waals surface area contributed by atoms with Crippen molar-refractivity contribution in [3.63, 3.8) is 0 Å². The first-order valence-electron chi connectivity index (χ1n) is 8.41. The summed E-state index contributed by atoms with van der Waals surface area (Å²) in [6.45, 7) is -0.0810. The monoisotopic (exact) mass is 374 g/mol. The molecule has 2 aromatic rings. The Balaban J connectivity index is 1.91. The molecule has 0 aliphatic carbocycles. The number of carboxylic acids is 1. The number of carbonyl (C=O) groups is 2. The van der Waals surface area contributed by atoms with Crippen molar-refractivity contribution in [1.29, 1.82) is 0 Å². The van der Waals surface area contributed by atoms with Crippen molar-refractivity contribution >= 4 is 11.9 Å². The van der Waals surface area contributed by atoms with Gasteiger partial charge in [0.1, 0.15) is 17.0 Å². The number of aliphatic hydroxyl groups excluding tert-OH is 1. The van der Waals surface area contributed by atoms with Crippen molar-refractivity contribution in [2.45, 2.75) is 18.9 Å². The molecule has 0 spiro atoms. The van der Waals surface area contributed by atoms with Gasteiger partial charge in [0.05, 0.1) is 17.9 Å². The summed E-state index contributed by atoms with van der Waals surface area (Å²) in [6.07, 6.45) is 1.22. The van der Waals surface area contributed by atoms with E-state index in [-0.39, 0.29) is 37.2 Å². The van der Waals surface area contributed by atoms with Crippen LogP contribution in [0.4, 0.5) is 4.39 Å². The number of hydrogen-bond acceptors (Lipinski definition) is 5. The topological polar surface area (TPSA) is 111 Å². The quantitative estimate of drug-likeness (QED) is 0.747. The van der Waals surface area contributed by atoms with E-state index in [0.29, 0.717) is 5.56 Å². The summed E-state index contributed by atoms with van der Waals surface area (Å²) in [6, 6.07) is 6.77. The number of amides is 1. The standard InChI is InChI=1S/C19H19FN2O5/c20-14-3-1-2-12(6-14)8-19(18(26)27)11-22(5-4-16(19)24)17(25)13-7-15(23)10-21-9-13/h1-3,6-7,9-10,16,23-24H,4-5,8,11H2,(H,26,27)/t16-,19-/m1/s1. The molecular weight excluding hydrogens is 355 g/mol. The van der Waals surface area contributed by atoms with E-state index in [0.717, 1.165) is 0 Å². The average molecular weight is 374 g/mol. The first kappa shape index (κ1) is 18.8. The number of nitrogens with zero attached hydrogens (tertiary/aromatic N) is 2. The van der Waals surface area contributed by atoms with Gasteiger partial charge in [0, 0.05) is 19.3 Å². The van der Waals surface area contributed by atoms with E-state index in [1.165, 1.54) is 41.6 Å². The first-order chi connectivity index (χ1) is 12.8. The number of aromatic nitrogens is 1. The predicted octanol–water partition coefficient (Wildman–Crippen LogP) is 1.45. The molecular formula is C19H19FN2O5. The molecule has 3 rings (SSSR count). The maximum absolute atomic E-state index is 13.5. The largest absolute Gasteiger partial charge is 0.506 e. The van der Waals surface area contributed by atoms with E-state index in [1.807, 2.05) is 0 Å². The van der Waals surface area contributed by atoms with Gasteiger partial charge in [-0.25, -0.2) is 4.39 Å². The highest BCUT2D eigenvalue weighted by atomic mass is 19.1. The molecule has 3 N–H and O–H groups in total. The fraction of sp³-hybridized carbons (Fsp3) is 0.316. The van der Waals surface area contributed by atoms with Crippen LogP contribution in [-0.2, 0) is 11.2 Å². The van der Waals surface area contributed by atoms with Crippen molar-refractivity contribution in [1.82, 2.24) is 9.88 Å². The number of likely N-dealkylation sites (tertiary alicyclic amines) is 1. The second-order valence-corrected chi connectivity index (χ2v) is 6.73. The summed E-state index contributed by atoms with van der Waals surface area (Å²) in [4.78, 5) is 29.9. The molecule has 0 unspecified atom stereocenters. The van der Waals surface area contributed by atoms with Gasteiger partial charge in [-0.05, 0) is 36.6 Å². The molecule has 1 aliphatic heterocycles. The molecule has 2 atom stereocenters. The van der Waals surface area contributed by atoms with E-state index in [1.54, 1.807) is 6.07 Å². The Morgan fingerprint density at radius 1 is 1.30 bits per heavy atom. The summed E-state index contributed by atoms with van der Waals surface area (Å²) in [5.41, 5.74) is -1.12. The highest BCUT2D eigenvalue weighted by Gasteiger charge is 2.50. The van der Waals surface area contributed by atoms with Crippen LogP contribution in [-0.4, -0.2) is 56.3 Å². The third-order valence-electron chi connectivity index (χ3n) is 4.88. The lowest BCUT2D eigenvalue weighted by molar-refractivity contribution is -0.161. The third-order valence-corrected chi connectivity index (χ3v) is 4.88. The molecule has 0 saturated carbocycles. The maximum atomic E-state index is 13.5. The van der Waals surface area contributed by atoms with Gasteiger partial charge in [-0.1, -0.05) is 12.1 Å². The lowest BCUT2D eigenvalue weighted by atomic mass is 9.72. The number of carbonyl (C=O) groups excluding carboxylic acids is 1. The van der Waals surface area contributed by atoms with Gasteiger partial charge in [-0.3, -0.25) is 14.6 Å². The van der Waals surface area contributed by atoms with Crippen molar-refractivity contribution in [2.75, 3.05) is 13.1 Å². The second-order valence-electron chi connectivity index (χ2n) is 6.73. The maximum Gasteiger partial charge on any atom is 0.314 e. The average Bonchev–Trinajstić information content (AvgIpc) is 2.63. The summed E-state index contributed by atoms with van der Waals surface area (Å²) >= 11 is 0. The molecule has 1 aliphatic rings. The van der Waals surface area contributed by atoms with E-state index in [9.17, 15) is 29.3 Å². The van der Waals surface area contributed by atoms with E-state index in [4.69, 9.17) is 0 Å². The highest BCUT2D eigenvalue weighted by Crippen LogP contribution is 2.35. The van der Waals surface area contributed by atoms with Gasteiger partial charge in [0.15, 0.2) is 0 Å². The number of rotatable bonds is 4. The number of piperidine rings is 1. The SMILES string of the molecule is O=C(c1cncc(O)c1)N1CC[C@@H](O)[C@](Cc2cccc(F)c2)(C(=O)O)C1. The van der Waals surface area contributed by atoms with E-state index >= 15 is 0 Å². The summed E-state index contributed by atoms with van der Waals surface area (Å²) < 4.78 is 13.5. The van der Waals surface area contributed by atoms with Gasteiger partial charge in [0.2, 0.25) is 0 Å². The zero-order valence-corrected chi connectivity index (χ0v) is 14.4. The van der Waals surface area contributed by atoms with Crippen molar-refractivity contribution in [3.05, 3.63) is 59.7 Å². The fourth-order valence-electron chi connectivity index (χ4n) is 3.45. The summed E-state index contributed by atoms with van der Waals surface area (Å²) in [5, 5.41) is 29.8. The minimum Gasteiger partial charge on any atom is -0.506 e. The molecule has 1 aromatic carbocycles. The first-order valence-corrected chi connectivity index (χ1v) is 8.41. The van der Waals surface area contributed by atoms with Gasteiger partial charge in [-0.2, -0.15) is 0 Å². The number of aromatic hydroxyl groups is 1.